The molecule has 17 heavy (non-hydrogen) atoms. The van der Waals surface area contributed by atoms with Crippen LogP contribution in [0.3, 0.4) is 0 Å². The van der Waals surface area contributed by atoms with Gasteiger partial charge in [0.05, 0.1) is 14.2 Å². The Kier molecular flexibility index (Phi) is 4.41. The van der Waals surface area contributed by atoms with E-state index in [1.54, 1.807) is 18.2 Å². The molecule has 0 aliphatic carbocycles. The van der Waals surface area contributed by atoms with E-state index in [1.165, 1.54) is 21.1 Å². The van der Waals surface area contributed by atoms with E-state index in [0.29, 0.717) is 17.1 Å². The zero-order valence-corrected chi connectivity index (χ0v) is 10.0. The van der Waals surface area contributed by atoms with Crippen molar-refractivity contribution in [3.63, 3.8) is 0 Å². The Labute approximate surface area is 100 Å². The van der Waals surface area contributed by atoms with Gasteiger partial charge in [-0.1, -0.05) is 5.92 Å². The number of carbonyl (C=O) groups excluding carboxylic acids is 1. The van der Waals surface area contributed by atoms with Crippen LogP contribution in [0.1, 0.15) is 18.6 Å². The van der Waals surface area contributed by atoms with Crippen molar-refractivity contribution in [1.82, 2.24) is 0 Å². The van der Waals surface area contributed by atoms with E-state index >= 15 is 0 Å². The van der Waals surface area contributed by atoms with Crippen LogP contribution in [0.2, 0.25) is 0 Å². The molecular weight excluding hydrogens is 220 g/mol. The second kappa shape index (κ2) is 5.80. The number of rotatable bonds is 4. The molecule has 1 aromatic rings. The van der Waals surface area contributed by atoms with Crippen molar-refractivity contribution in [2.24, 2.45) is 0 Å². The zero-order valence-electron chi connectivity index (χ0n) is 10.0. The highest BCUT2D eigenvalue weighted by Crippen LogP contribution is 2.27. The Balaban J connectivity index is 3.10. The molecule has 1 unspecified atom stereocenters. The molecule has 0 amide bonds. The summed E-state index contributed by atoms with van der Waals surface area (Å²) in [5.74, 6) is 3.14. The van der Waals surface area contributed by atoms with E-state index in [1.807, 2.05) is 0 Å². The van der Waals surface area contributed by atoms with Crippen LogP contribution in [-0.4, -0.2) is 20.2 Å². The Morgan fingerprint density at radius 2 is 1.76 bits per heavy atom. The predicted octanol–water partition coefficient (Wildman–Crippen LogP) is 1.94. The van der Waals surface area contributed by atoms with Gasteiger partial charge >= 0.3 is 5.97 Å². The van der Waals surface area contributed by atoms with Gasteiger partial charge in [0, 0.05) is 18.6 Å². The Bertz CT molecular complexity index is 423. The van der Waals surface area contributed by atoms with Crippen molar-refractivity contribution in [2.75, 3.05) is 14.2 Å². The van der Waals surface area contributed by atoms with E-state index in [4.69, 9.17) is 20.6 Å². The van der Waals surface area contributed by atoms with Crippen LogP contribution in [-0.2, 0) is 9.53 Å². The van der Waals surface area contributed by atoms with E-state index in [2.05, 4.69) is 5.92 Å². The van der Waals surface area contributed by atoms with Crippen LogP contribution < -0.4 is 9.47 Å². The average Bonchev–Trinajstić information content (AvgIpc) is 2.34. The second-order valence-electron chi connectivity index (χ2n) is 3.30. The zero-order chi connectivity index (χ0) is 12.8. The first-order valence-corrected chi connectivity index (χ1v) is 4.97. The highest BCUT2D eigenvalue weighted by atomic mass is 16.5. The van der Waals surface area contributed by atoms with Crippen molar-refractivity contribution in [1.29, 1.82) is 0 Å². The lowest BCUT2D eigenvalue weighted by atomic mass is 10.1. The molecule has 0 radical (unpaired) electrons. The van der Waals surface area contributed by atoms with Crippen molar-refractivity contribution >= 4 is 5.97 Å². The number of methoxy groups -OCH3 is 2. The molecular formula is C13H14O4. The smallest absolute Gasteiger partial charge is 0.304 e. The van der Waals surface area contributed by atoms with E-state index < -0.39 is 12.1 Å². The van der Waals surface area contributed by atoms with Gasteiger partial charge in [-0.05, 0) is 12.1 Å². The van der Waals surface area contributed by atoms with E-state index in [9.17, 15) is 4.79 Å². The van der Waals surface area contributed by atoms with Crippen molar-refractivity contribution in [3.05, 3.63) is 23.8 Å². The maximum absolute atomic E-state index is 10.9. The minimum Gasteiger partial charge on any atom is -0.497 e. The third kappa shape index (κ3) is 3.42. The molecule has 4 heteroatoms. The molecule has 4 nitrogen and oxygen atoms in total. The van der Waals surface area contributed by atoms with Gasteiger partial charge in [0.2, 0.25) is 0 Å². The second-order valence-corrected chi connectivity index (χ2v) is 3.30. The van der Waals surface area contributed by atoms with Gasteiger partial charge in [0.25, 0.3) is 0 Å². The van der Waals surface area contributed by atoms with Crippen LogP contribution in [0.15, 0.2) is 18.2 Å². The summed E-state index contributed by atoms with van der Waals surface area (Å²) in [5.41, 5.74) is 0.638. The molecule has 0 bridgehead atoms. The molecule has 0 N–H and O–H groups in total. The van der Waals surface area contributed by atoms with Gasteiger partial charge in [-0.15, -0.1) is 6.42 Å². The summed E-state index contributed by atoms with van der Waals surface area (Å²) < 4.78 is 15.2. The fourth-order valence-corrected chi connectivity index (χ4v) is 1.35. The molecule has 1 atom stereocenters. The highest BCUT2D eigenvalue weighted by molar-refractivity contribution is 5.66. The molecule has 0 aliphatic heterocycles. The molecule has 0 saturated heterocycles. The monoisotopic (exact) mass is 234 g/mol. The van der Waals surface area contributed by atoms with Gasteiger partial charge in [-0.25, -0.2) is 0 Å². The first-order valence-electron chi connectivity index (χ1n) is 4.97. The van der Waals surface area contributed by atoms with Crippen LogP contribution in [0, 0.1) is 12.3 Å². The fourth-order valence-electron chi connectivity index (χ4n) is 1.35. The van der Waals surface area contributed by atoms with Crippen LogP contribution in [0.4, 0.5) is 0 Å². The quantitative estimate of drug-likeness (QED) is 0.590. The summed E-state index contributed by atoms with van der Waals surface area (Å²) in [4.78, 5) is 10.9. The number of hydrogen-bond donors (Lipinski definition) is 0. The molecule has 90 valence electrons. The van der Waals surface area contributed by atoms with E-state index in [-0.39, 0.29) is 0 Å². The minimum atomic E-state index is -0.739. The number of esters is 1. The average molecular weight is 234 g/mol. The molecule has 0 aliphatic rings. The van der Waals surface area contributed by atoms with Gasteiger partial charge < -0.3 is 14.2 Å². The predicted molar refractivity (Wildman–Crippen MR) is 62.9 cm³/mol. The van der Waals surface area contributed by atoms with Gasteiger partial charge in [0.1, 0.15) is 11.5 Å². The number of carbonyl (C=O) groups is 1. The largest absolute Gasteiger partial charge is 0.497 e. The molecule has 0 saturated carbocycles. The van der Waals surface area contributed by atoms with Gasteiger partial charge in [0.15, 0.2) is 6.10 Å². The standard InChI is InChI=1S/C13H14O4/c1-5-13(17-9(2)14)10-6-11(15-3)8-12(7-10)16-4/h1,6-8,13H,2-4H3. The van der Waals surface area contributed by atoms with Crippen LogP contribution >= 0.6 is 0 Å². The first-order chi connectivity index (χ1) is 8.10. The molecule has 0 aromatic heterocycles. The number of terminal acetylenes is 1. The maximum atomic E-state index is 10.9. The first kappa shape index (κ1) is 12.9. The van der Waals surface area contributed by atoms with E-state index in [0.717, 1.165) is 0 Å². The lowest BCUT2D eigenvalue weighted by molar-refractivity contribution is -0.144. The topological polar surface area (TPSA) is 44.8 Å². The fraction of sp³-hybridized carbons (Fsp3) is 0.308. The Morgan fingerprint density at radius 1 is 1.24 bits per heavy atom. The van der Waals surface area contributed by atoms with Crippen LogP contribution in [0.25, 0.3) is 0 Å². The molecule has 0 fully saturated rings. The molecule has 1 rings (SSSR count). The SMILES string of the molecule is C#CC(OC(C)=O)c1cc(OC)cc(OC)c1. The molecule has 0 spiro atoms. The third-order valence-electron chi connectivity index (χ3n) is 2.11. The summed E-state index contributed by atoms with van der Waals surface area (Å²) in [7, 11) is 3.07. The summed E-state index contributed by atoms with van der Waals surface area (Å²) >= 11 is 0. The summed E-state index contributed by atoms with van der Waals surface area (Å²) in [6.45, 7) is 1.31. The maximum Gasteiger partial charge on any atom is 0.304 e. The summed E-state index contributed by atoms with van der Waals surface area (Å²) in [6.07, 6.45) is 4.59. The van der Waals surface area contributed by atoms with Crippen molar-refractivity contribution in [3.8, 4) is 23.8 Å². The lowest BCUT2D eigenvalue weighted by Crippen LogP contribution is -2.07. The number of ether oxygens (including phenoxy) is 3. The van der Waals surface area contributed by atoms with Crippen molar-refractivity contribution < 1.29 is 19.0 Å². The number of hydrogen-bond acceptors (Lipinski definition) is 4. The van der Waals surface area contributed by atoms with Crippen LogP contribution in [0.5, 0.6) is 11.5 Å². The normalized spacial score (nSPS) is 11.2. The number of benzene rings is 1. The lowest BCUT2D eigenvalue weighted by Gasteiger charge is -2.13. The van der Waals surface area contributed by atoms with Gasteiger partial charge in [-0.2, -0.15) is 0 Å². The Hall–Kier alpha value is -2.15. The highest BCUT2D eigenvalue weighted by Gasteiger charge is 2.14. The van der Waals surface area contributed by atoms with Gasteiger partial charge in [-0.3, -0.25) is 4.79 Å². The minimum absolute atomic E-state index is 0.435. The molecule has 1 aromatic carbocycles. The summed E-state index contributed by atoms with van der Waals surface area (Å²) in [6, 6.07) is 5.12. The summed E-state index contributed by atoms with van der Waals surface area (Å²) in [5, 5.41) is 0. The molecule has 0 heterocycles. The third-order valence-corrected chi connectivity index (χ3v) is 2.11. The Morgan fingerprint density at radius 3 is 2.12 bits per heavy atom. The van der Waals surface area contributed by atoms with Crippen molar-refractivity contribution in [2.45, 2.75) is 13.0 Å².